The topological polar surface area (TPSA) is 75.2 Å². The number of methoxy groups -OCH3 is 1. The van der Waals surface area contributed by atoms with E-state index in [4.69, 9.17) is 9.47 Å². The van der Waals surface area contributed by atoms with Gasteiger partial charge in [0, 0.05) is 62.6 Å². The van der Waals surface area contributed by atoms with Gasteiger partial charge >= 0.3 is 12.0 Å². The lowest BCUT2D eigenvalue weighted by atomic mass is 9.99. The zero-order chi connectivity index (χ0) is 28.9. The normalized spacial score (nSPS) is 20.7. The van der Waals surface area contributed by atoms with E-state index < -0.39 is 0 Å². The summed E-state index contributed by atoms with van der Waals surface area (Å²) in [5, 5.41) is 0.914. The highest BCUT2D eigenvalue weighted by atomic mass is 32.2. The van der Waals surface area contributed by atoms with Crippen molar-refractivity contribution < 1.29 is 19.1 Å². The number of nitrogens with zero attached hydrogens (tertiary/aromatic N) is 4. The Hall–Kier alpha value is -3.40. The van der Waals surface area contributed by atoms with Crippen LogP contribution in [0.25, 0.3) is 0 Å². The molecule has 3 aliphatic heterocycles. The smallest absolute Gasteiger partial charge is 0.337 e. The Balaban J connectivity index is 1.05. The van der Waals surface area contributed by atoms with Crippen LogP contribution >= 0.6 is 11.8 Å². The molecule has 4 heterocycles. The van der Waals surface area contributed by atoms with Gasteiger partial charge in [0.05, 0.1) is 18.7 Å². The number of hydrogen-bond donors (Lipinski definition) is 0. The molecule has 9 heteroatoms. The van der Waals surface area contributed by atoms with Gasteiger partial charge in [0.2, 0.25) is 0 Å². The summed E-state index contributed by atoms with van der Waals surface area (Å²) in [5.41, 5.74) is 2.95. The zero-order valence-electron chi connectivity index (χ0n) is 24.1. The van der Waals surface area contributed by atoms with Crippen LogP contribution in [0.1, 0.15) is 53.2 Å². The Morgan fingerprint density at radius 3 is 2.36 bits per heavy atom. The first-order chi connectivity index (χ1) is 20.6. The van der Waals surface area contributed by atoms with Crippen LogP contribution in [-0.4, -0.2) is 83.7 Å². The van der Waals surface area contributed by atoms with Gasteiger partial charge in [-0.2, -0.15) is 0 Å². The fourth-order valence-electron chi connectivity index (χ4n) is 6.36. The van der Waals surface area contributed by atoms with Crippen molar-refractivity contribution in [3.8, 4) is 0 Å². The molecule has 2 amide bonds. The second kappa shape index (κ2) is 13.3. The number of esters is 1. The average molecular weight is 587 g/mol. The molecule has 0 bridgehead atoms. The minimum atomic E-state index is -0.335. The Morgan fingerprint density at radius 1 is 0.952 bits per heavy atom. The van der Waals surface area contributed by atoms with Gasteiger partial charge in [0.15, 0.2) is 0 Å². The minimum absolute atomic E-state index is 0.101. The Bertz CT molecular complexity index is 1340. The molecule has 2 aromatic carbocycles. The van der Waals surface area contributed by atoms with Crippen molar-refractivity contribution >= 4 is 23.8 Å². The van der Waals surface area contributed by atoms with E-state index in [1.165, 1.54) is 18.2 Å². The maximum absolute atomic E-state index is 13.9. The van der Waals surface area contributed by atoms with Gasteiger partial charge < -0.3 is 19.3 Å². The van der Waals surface area contributed by atoms with Gasteiger partial charge in [-0.25, -0.2) is 14.6 Å². The van der Waals surface area contributed by atoms with Crippen molar-refractivity contribution in [2.75, 3.05) is 40.0 Å². The molecule has 220 valence electrons. The fourth-order valence-corrected chi connectivity index (χ4v) is 7.12. The summed E-state index contributed by atoms with van der Waals surface area (Å²) < 4.78 is 10.4. The number of amides is 2. The van der Waals surface area contributed by atoms with Crippen LogP contribution in [0.5, 0.6) is 0 Å². The van der Waals surface area contributed by atoms with Crippen molar-refractivity contribution in [3.63, 3.8) is 0 Å². The molecule has 3 aromatic rings. The number of carbonyl (C=O) groups excluding carboxylic acids is 2. The largest absolute Gasteiger partial charge is 0.465 e. The number of benzene rings is 2. The standard InChI is InChI=1S/C33H38N4O4S/c1-40-32(38)26-8-10-29(11-9-26)42-31-12-7-24(21-34-31)22-35-17-13-28(14-18-35)37-30(25-5-3-2-4-6-25)23-36(33(37)39)27-15-19-41-20-16-27/h2-12,21,27-28,30H,13-20,22-23H2,1H3. The first-order valence-corrected chi connectivity index (χ1v) is 15.7. The van der Waals surface area contributed by atoms with E-state index >= 15 is 0 Å². The van der Waals surface area contributed by atoms with Gasteiger partial charge in [0.25, 0.3) is 0 Å². The van der Waals surface area contributed by atoms with Gasteiger partial charge in [-0.3, -0.25) is 4.90 Å². The molecule has 6 rings (SSSR count). The molecular weight excluding hydrogens is 548 g/mol. The number of piperidine rings is 1. The third kappa shape index (κ3) is 6.48. The molecule has 0 spiro atoms. The molecule has 3 aliphatic rings. The zero-order valence-corrected chi connectivity index (χ0v) is 24.9. The summed E-state index contributed by atoms with van der Waals surface area (Å²) >= 11 is 1.57. The number of rotatable bonds is 8. The van der Waals surface area contributed by atoms with Crippen molar-refractivity contribution in [2.24, 2.45) is 0 Å². The second-order valence-electron chi connectivity index (χ2n) is 11.2. The van der Waals surface area contributed by atoms with Gasteiger partial charge in [-0.15, -0.1) is 0 Å². The van der Waals surface area contributed by atoms with E-state index in [0.717, 1.165) is 75.0 Å². The highest BCUT2D eigenvalue weighted by Gasteiger charge is 2.45. The van der Waals surface area contributed by atoms with Crippen LogP contribution in [0.3, 0.4) is 0 Å². The first kappa shape index (κ1) is 28.7. The summed E-state index contributed by atoms with van der Waals surface area (Å²) in [5.74, 6) is -0.335. The Morgan fingerprint density at radius 2 is 1.69 bits per heavy atom. The van der Waals surface area contributed by atoms with Crippen LogP contribution < -0.4 is 0 Å². The van der Waals surface area contributed by atoms with Crippen LogP contribution in [0.15, 0.2) is 82.8 Å². The number of hydrogen-bond acceptors (Lipinski definition) is 7. The van der Waals surface area contributed by atoms with Crippen molar-refractivity contribution in [1.29, 1.82) is 0 Å². The van der Waals surface area contributed by atoms with Crippen molar-refractivity contribution in [3.05, 3.63) is 89.6 Å². The SMILES string of the molecule is COC(=O)c1ccc(Sc2ccc(CN3CCC(N4C(=O)N(C5CCOCC5)CC4c4ccccc4)CC3)cn2)cc1. The quantitative estimate of drug-likeness (QED) is 0.316. The highest BCUT2D eigenvalue weighted by molar-refractivity contribution is 7.99. The number of aromatic nitrogens is 1. The number of urea groups is 1. The molecule has 8 nitrogen and oxygen atoms in total. The summed E-state index contributed by atoms with van der Waals surface area (Å²) in [7, 11) is 1.39. The average Bonchev–Trinajstić information content (AvgIpc) is 3.40. The molecule has 3 fully saturated rings. The molecule has 0 radical (unpaired) electrons. The Kier molecular flexibility index (Phi) is 9.07. The van der Waals surface area contributed by atoms with Gasteiger partial charge in [0.1, 0.15) is 5.03 Å². The monoisotopic (exact) mass is 586 g/mol. The van der Waals surface area contributed by atoms with E-state index in [-0.39, 0.29) is 30.1 Å². The van der Waals surface area contributed by atoms with E-state index in [0.29, 0.717) is 5.56 Å². The third-order valence-corrected chi connectivity index (χ3v) is 9.60. The van der Waals surface area contributed by atoms with E-state index in [1.54, 1.807) is 23.9 Å². The minimum Gasteiger partial charge on any atom is -0.465 e. The van der Waals surface area contributed by atoms with Crippen LogP contribution in [0.2, 0.25) is 0 Å². The lowest BCUT2D eigenvalue weighted by Gasteiger charge is -2.39. The number of carbonyl (C=O) groups is 2. The predicted molar refractivity (Wildman–Crippen MR) is 161 cm³/mol. The first-order valence-electron chi connectivity index (χ1n) is 14.8. The lowest BCUT2D eigenvalue weighted by Crippen LogP contribution is -2.48. The van der Waals surface area contributed by atoms with E-state index in [1.807, 2.05) is 24.4 Å². The fraction of sp³-hybridized carbons (Fsp3) is 0.424. The maximum Gasteiger partial charge on any atom is 0.337 e. The summed E-state index contributed by atoms with van der Waals surface area (Å²) in [6.07, 6.45) is 5.75. The van der Waals surface area contributed by atoms with Gasteiger partial charge in [-0.1, -0.05) is 48.2 Å². The molecule has 1 aromatic heterocycles. The number of likely N-dealkylation sites (tertiary alicyclic amines) is 1. The van der Waals surface area contributed by atoms with Gasteiger partial charge in [-0.05, 0) is 67.1 Å². The number of pyridine rings is 1. The predicted octanol–water partition coefficient (Wildman–Crippen LogP) is 5.64. The van der Waals surface area contributed by atoms with E-state index in [2.05, 4.69) is 56.1 Å². The highest BCUT2D eigenvalue weighted by Crippen LogP contribution is 2.37. The molecule has 0 aliphatic carbocycles. The van der Waals surface area contributed by atoms with Crippen molar-refractivity contribution in [2.45, 2.75) is 60.3 Å². The molecule has 3 saturated heterocycles. The lowest BCUT2D eigenvalue weighted by molar-refractivity contribution is 0.0493. The van der Waals surface area contributed by atoms with Crippen LogP contribution in [-0.2, 0) is 16.0 Å². The number of ether oxygens (including phenoxy) is 2. The molecule has 42 heavy (non-hydrogen) atoms. The molecule has 0 saturated carbocycles. The summed E-state index contributed by atoms with van der Waals surface area (Å²) in [6.45, 7) is 5.00. The summed E-state index contributed by atoms with van der Waals surface area (Å²) in [4.78, 5) is 38.0. The Labute approximate surface area is 252 Å². The molecule has 1 atom stereocenters. The molecule has 0 N–H and O–H groups in total. The summed E-state index contributed by atoms with van der Waals surface area (Å²) in [6, 6.07) is 22.9. The van der Waals surface area contributed by atoms with Crippen molar-refractivity contribution in [1.82, 2.24) is 19.7 Å². The third-order valence-electron chi connectivity index (χ3n) is 8.64. The van der Waals surface area contributed by atoms with Crippen LogP contribution in [0, 0.1) is 0 Å². The van der Waals surface area contributed by atoms with Crippen LogP contribution in [0.4, 0.5) is 4.79 Å². The van der Waals surface area contributed by atoms with E-state index in [9.17, 15) is 9.59 Å². The molecule has 1 unspecified atom stereocenters. The maximum atomic E-state index is 13.9. The second-order valence-corrected chi connectivity index (χ2v) is 12.3. The molecular formula is C33H38N4O4S.